The summed E-state index contributed by atoms with van der Waals surface area (Å²) >= 11 is 11.7. The molecule has 2 aromatic rings. The predicted octanol–water partition coefficient (Wildman–Crippen LogP) is 4.20. The maximum absolute atomic E-state index is 12.1. The van der Waals surface area contributed by atoms with Crippen molar-refractivity contribution in [2.45, 2.75) is 6.92 Å². The Bertz CT molecular complexity index is 810. The van der Waals surface area contributed by atoms with Crippen LogP contribution in [-0.2, 0) is 9.53 Å². The second-order valence-electron chi connectivity index (χ2n) is 5.05. The number of hydrogen-bond acceptors (Lipinski definition) is 5. The van der Waals surface area contributed by atoms with Gasteiger partial charge in [0.1, 0.15) is 0 Å². The van der Waals surface area contributed by atoms with Crippen molar-refractivity contribution >= 4 is 40.8 Å². The molecule has 0 saturated heterocycles. The smallest absolute Gasteiger partial charge is 0.338 e. The number of rotatable bonds is 7. The minimum Gasteiger partial charge on any atom is -0.493 e. The molecule has 0 aromatic heterocycles. The van der Waals surface area contributed by atoms with Gasteiger partial charge in [-0.15, -0.1) is 0 Å². The molecular formula is C18H17Cl2NO5. The van der Waals surface area contributed by atoms with Crippen LogP contribution in [-0.4, -0.2) is 32.2 Å². The average Bonchev–Trinajstić information content (AvgIpc) is 2.63. The number of carbonyl (C=O) groups is 2. The van der Waals surface area contributed by atoms with Gasteiger partial charge in [0.05, 0.1) is 29.3 Å². The van der Waals surface area contributed by atoms with Crippen LogP contribution in [0.15, 0.2) is 36.4 Å². The van der Waals surface area contributed by atoms with Crippen molar-refractivity contribution in [2.75, 3.05) is 25.6 Å². The molecule has 138 valence electrons. The van der Waals surface area contributed by atoms with Gasteiger partial charge in [0.15, 0.2) is 18.1 Å². The zero-order valence-electron chi connectivity index (χ0n) is 14.2. The van der Waals surface area contributed by atoms with Crippen molar-refractivity contribution in [2.24, 2.45) is 0 Å². The highest BCUT2D eigenvalue weighted by molar-refractivity contribution is 6.42. The van der Waals surface area contributed by atoms with Crippen molar-refractivity contribution in [3.05, 3.63) is 52.0 Å². The molecule has 0 bridgehead atoms. The summed E-state index contributed by atoms with van der Waals surface area (Å²) in [6.07, 6.45) is 0. The number of nitrogens with one attached hydrogen (secondary N) is 1. The number of hydrogen-bond donors (Lipinski definition) is 1. The lowest BCUT2D eigenvalue weighted by molar-refractivity contribution is -0.119. The summed E-state index contributed by atoms with van der Waals surface area (Å²) in [6, 6.07) is 9.27. The summed E-state index contributed by atoms with van der Waals surface area (Å²) in [5, 5.41) is 3.25. The van der Waals surface area contributed by atoms with Gasteiger partial charge in [0.25, 0.3) is 5.91 Å². The van der Waals surface area contributed by atoms with Crippen LogP contribution < -0.4 is 14.8 Å². The highest BCUT2D eigenvalue weighted by Gasteiger charge is 2.14. The van der Waals surface area contributed by atoms with Gasteiger partial charge in [-0.25, -0.2) is 4.79 Å². The van der Waals surface area contributed by atoms with Crippen molar-refractivity contribution in [3.8, 4) is 11.5 Å². The zero-order valence-corrected chi connectivity index (χ0v) is 15.7. The minimum absolute atomic E-state index is 0.243. The fraction of sp³-hybridized carbons (Fsp3) is 0.222. The summed E-state index contributed by atoms with van der Waals surface area (Å²) < 4.78 is 15.6. The first-order valence-electron chi connectivity index (χ1n) is 7.67. The number of benzene rings is 2. The molecule has 0 aliphatic rings. The van der Waals surface area contributed by atoms with E-state index in [-0.39, 0.29) is 5.56 Å². The first-order chi connectivity index (χ1) is 12.4. The van der Waals surface area contributed by atoms with Gasteiger partial charge in [-0.1, -0.05) is 23.2 Å². The van der Waals surface area contributed by atoms with Crippen molar-refractivity contribution in [3.63, 3.8) is 0 Å². The highest BCUT2D eigenvalue weighted by Crippen LogP contribution is 2.28. The monoisotopic (exact) mass is 397 g/mol. The Balaban J connectivity index is 1.95. The van der Waals surface area contributed by atoms with Crippen LogP contribution in [0.4, 0.5) is 5.69 Å². The van der Waals surface area contributed by atoms with Crippen LogP contribution in [0.2, 0.25) is 10.0 Å². The number of anilines is 1. The third-order valence-corrected chi connectivity index (χ3v) is 3.98. The van der Waals surface area contributed by atoms with E-state index in [1.807, 2.05) is 6.92 Å². The molecule has 1 amide bonds. The third kappa shape index (κ3) is 5.28. The summed E-state index contributed by atoms with van der Waals surface area (Å²) in [6.45, 7) is 1.86. The van der Waals surface area contributed by atoms with Crippen LogP contribution >= 0.6 is 23.2 Å². The Kier molecular flexibility index (Phi) is 7.12. The van der Waals surface area contributed by atoms with Crippen LogP contribution in [0.3, 0.4) is 0 Å². The van der Waals surface area contributed by atoms with Gasteiger partial charge in [-0.2, -0.15) is 0 Å². The molecule has 8 heteroatoms. The topological polar surface area (TPSA) is 73.9 Å². The second kappa shape index (κ2) is 9.31. The molecular weight excluding hydrogens is 381 g/mol. The molecule has 0 saturated carbocycles. The summed E-state index contributed by atoms with van der Waals surface area (Å²) in [5.41, 5.74) is 0.691. The van der Waals surface area contributed by atoms with Crippen LogP contribution in [0, 0.1) is 0 Å². The van der Waals surface area contributed by atoms with E-state index in [9.17, 15) is 9.59 Å². The largest absolute Gasteiger partial charge is 0.493 e. The Hall–Kier alpha value is -2.44. The number of esters is 1. The predicted molar refractivity (Wildman–Crippen MR) is 99.5 cm³/mol. The molecule has 6 nitrogen and oxygen atoms in total. The maximum atomic E-state index is 12.1. The lowest BCUT2D eigenvalue weighted by Gasteiger charge is -2.11. The van der Waals surface area contributed by atoms with Crippen molar-refractivity contribution < 1.29 is 23.8 Å². The van der Waals surface area contributed by atoms with E-state index in [4.69, 9.17) is 37.4 Å². The minimum atomic E-state index is -0.657. The van der Waals surface area contributed by atoms with Crippen LogP contribution in [0.1, 0.15) is 17.3 Å². The van der Waals surface area contributed by atoms with E-state index in [0.717, 1.165) is 0 Å². The lowest BCUT2D eigenvalue weighted by atomic mass is 10.2. The van der Waals surface area contributed by atoms with E-state index in [1.54, 1.807) is 18.2 Å². The number of amides is 1. The van der Waals surface area contributed by atoms with Gasteiger partial charge >= 0.3 is 5.97 Å². The molecule has 0 aliphatic heterocycles. The quantitative estimate of drug-likeness (QED) is 0.708. The molecule has 0 spiro atoms. The Labute approximate surface area is 160 Å². The molecule has 0 radical (unpaired) electrons. The van der Waals surface area contributed by atoms with Crippen LogP contribution in [0.5, 0.6) is 11.5 Å². The second-order valence-corrected chi connectivity index (χ2v) is 5.87. The molecule has 1 N–H and O–H groups in total. The van der Waals surface area contributed by atoms with E-state index in [0.29, 0.717) is 33.8 Å². The Morgan fingerprint density at radius 1 is 1.04 bits per heavy atom. The van der Waals surface area contributed by atoms with E-state index >= 15 is 0 Å². The van der Waals surface area contributed by atoms with Gasteiger partial charge in [0, 0.05) is 5.69 Å². The van der Waals surface area contributed by atoms with E-state index < -0.39 is 18.5 Å². The fourth-order valence-corrected chi connectivity index (χ4v) is 2.35. The maximum Gasteiger partial charge on any atom is 0.338 e. The molecule has 26 heavy (non-hydrogen) atoms. The molecule has 2 rings (SSSR count). The van der Waals surface area contributed by atoms with E-state index in [1.165, 1.54) is 25.3 Å². The van der Waals surface area contributed by atoms with Crippen LogP contribution in [0.25, 0.3) is 0 Å². The zero-order chi connectivity index (χ0) is 19.1. The standard InChI is InChI=1S/C18H17Cl2NO5/c1-3-25-15-7-4-11(8-16(15)24-2)18(23)26-10-17(22)21-12-5-6-13(19)14(20)9-12/h4-9H,3,10H2,1-2H3,(H,21,22). The van der Waals surface area contributed by atoms with Gasteiger partial charge in [0.2, 0.25) is 0 Å². The molecule has 0 aliphatic carbocycles. The van der Waals surface area contributed by atoms with Gasteiger partial charge in [-0.05, 0) is 43.3 Å². The van der Waals surface area contributed by atoms with E-state index in [2.05, 4.69) is 5.32 Å². The molecule has 0 heterocycles. The first kappa shape index (κ1) is 19.9. The SMILES string of the molecule is CCOc1ccc(C(=O)OCC(=O)Nc2ccc(Cl)c(Cl)c2)cc1OC. The summed E-state index contributed by atoms with van der Waals surface area (Å²) in [7, 11) is 1.47. The number of carbonyl (C=O) groups excluding carboxylic acids is 2. The molecule has 0 atom stereocenters. The highest BCUT2D eigenvalue weighted by atomic mass is 35.5. The summed E-state index contributed by atoms with van der Waals surface area (Å²) in [5.74, 6) is -0.240. The molecule has 0 fully saturated rings. The normalized spacial score (nSPS) is 10.2. The lowest BCUT2D eigenvalue weighted by Crippen LogP contribution is -2.21. The molecule has 2 aromatic carbocycles. The number of halogens is 2. The first-order valence-corrected chi connectivity index (χ1v) is 8.43. The Morgan fingerprint density at radius 3 is 2.46 bits per heavy atom. The van der Waals surface area contributed by atoms with Crippen molar-refractivity contribution in [1.82, 2.24) is 0 Å². The summed E-state index contributed by atoms with van der Waals surface area (Å²) in [4.78, 5) is 24.0. The molecule has 0 unspecified atom stereocenters. The third-order valence-electron chi connectivity index (χ3n) is 3.24. The van der Waals surface area contributed by atoms with Gasteiger partial charge < -0.3 is 19.5 Å². The average molecular weight is 398 g/mol. The number of ether oxygens (including phenoxy) is 3. The van der Waals surface area contributed by atoms with Crippen molar-refractivity contribution in [1.29, 1.82) is 0 Å². The fourth-order valence-electron chi connectivity index (χ4n) is 2.05. The number of methoxy groups -OCH3 is 1. The van der Waals surface area contributed by atoms with Gasteiger partial charge in [-0.3, -0.25) is 4.79 Å². The Morgan fingerprint density at radius 2 is 1.81 bits per heavy atom.